The summed E-state index contributed by atoms with van der Waals surface area (Å²) < 4.78 is 0. The van der Waals surface area contributed by atoms with Crippen LogP contribution < -0.4 is 16.0 Å². The summed E-state index contributed by atoms with van der Waals surface area (Å²) in [6.07, 6.45) is 2.08. The zero-order valence-corrected chi connectivity index (χ0v) is 16.0. The van der Waals surface area contributed by atoms with Crippen LogP contribution in [0.15, 0.2) is 12.2 Å². The minimum Gasteiger partial charge on any atom is -0.348 e. The molecule has 0 spiro atoms. The Morgan fingerprint density at radius 2 is 1.57 bits per heavy atom. The van der Waals surface area contributed by atoms with Crippen molar-refractivity contribution in [3.05, 3.63) is 12.2 Å². The maximum absolute atomic E-state index is 12.4. The van der Waals surface area contributed by atoms with Gasteiger partial charge in [-0.1, -0.05) is 13.8 Å². The Labute approximate surface area is 163 Å². The fourth-order valence-electron chi connectivity index (χ4n) is 2.34. The van der Waals surface area contributed by atoms with E-state index in [1.54, 1.807) is 13.8 Å². The summed E-state index contributed by atoms with van der Waals surface area (Å²) in [4.78, 5) is 70.9. The lowest BCUT2D eigenvalue weighted by Crippen LogP contribution is -2.55. The normalized spacial score (nSPS) is 15.4. The Kier molecular flexibility index (Phi) is 8.55. The van der Waals surface area contributed by atoms with E-state index in [0.29, 0.717) is 0 Å². The molecule has 1 aliphatic heterocycles. The van der Waals surface area contributed by atoms with Crippen molar-refractivity contribution < 1.29 is 28.8 Å². The van der Waals surface area contributed by atoms with Crippen LogP contribution in [0.5, 0.6) is 0 Å². The molecule has 150 valence electrons. The lowest BCUT2D eigenvalue weighted by molar-refractivity contribution is -0.137. The summed E-state index contributed by atoms with van der Waals surface area (Å²) in [6, 6.07) is -1.88. The monoisotopic (exact) mass is 390 g/mol. The molecule has 0 saturated carbocycles. The van der Waals surface area contributed by atoms with Crippen LogP contribution in [0, 0.1) is 5.92 Å². The minimum absolute atomic E-state index is 0.102. The van der Waals surface area contributed by atoms with Crippen molar-refractivity contribution in [2.75, 3.05) is 13.1 Å². The molecule has 2 atom stereocenters. The quantitative estimate of drug-likeness (QED) is 0.284. The summed E-state index contributed by atoms with van der Waals surface area (Å²) in [6.45, 7) is 4.38. The fraction of sp³-hybridized carbons (Fsp3) is 0.529. The second kappa shape index (κ2) is 10.4. The number of nitrogens with zero attached hydrogens (tertiary/aromatic N) is 1. The lowest BCUT2D eigenvalue weighted by Gasteiger charge is -2.24. The van der Waals surface area contributed by atoms with Crippen LogP contribution in [0.3, 0.4) is 0 Å². The first kappa shape index (κ1) is 23.1. The largest absolute Gasteiger partial charge is 0.348 e. The lowest BCUT2D eigenvalue weighted by atomic mass is 10.0. The molecule has 1 aliphatic rings. The highest BCUT2D eigenvalue weighted by atomic mass is 16.2. The first-order valence-electron chi connectivity index (χ1n) is 8.72. The Balaban J connectivity index is 2.56. The highest BCUT2D eigenvalue weighted by Crippen LogP contribution is 2.06. The van der Waals surface area contributed by atoms with Crippen LogP contribution in [-0.2, 0) is 28.8 Å². The highest BCUT2D eigenvalue weighted by Gasteiger charge is 2.28. The average Bonchev–Trinajstić information content (AvgIpc) is 2.93. The van der Waals surface area contributed by atoms with Gasteiger partial charge in [-0.2, -0.15) is 0 Å². The van der Waals surface area contributed by atoms with E-state index in [4.69, 9.17) is 7.85 Å². The van der Waals surface area contributed by atoms with Crippen LogP contribution in [0.4, 0.5) is 0 Å². The SMILES string of the molecule is [B]C(=O)CNC(=O)[C@H](C)NC(=O)C(NC(=O)CCN1C(=O)C=CC1=O)C(C)C. The zero-order valence-electron chi connectivity index (χ0n) is 16.0. The van der Waals surface area contributed by atoms with Gasteiger partial charge in [0, 0.05) is 25.1 Å². The number of rotatable bonds is 10. The Hall–Kier alpha value is -2.98. The molecule has 28 heavy (non-hydrogen) atoms. The third-order valence-corrected chi connectivity index (χ3v) is 3.92. The van der Waals surface area contributed by atoms with Crippen molar-refractivity contribution in [1.29, 1.82) is 0 Å². The molecule has 1 heterocycles. The highest BCUT2D eigenvalue weighted by molar-refractivity contribution is 6.58. The van der Waals surface area contributed by atoms with Gasteiger partial charge in [-0.15, -0.1) is 0 Å². The standard InChI is InChI=1S/C17H23BN4O6/c1-9(2)15(17(28)20-10(3)16(27)19-8-11(18)23)21-12(24)6-7-22-13(25)4-5-14(22)26/h4-5,9-10,15H,6-8H2,1-3H3,(H,19,27)(H,20,28)(H,21,24)/t10-,15?/m0/s1. The third kappa shape index (κ3) is 6.97. The van der Waals surface area contributed by atoms with E-state index in [0.717, 1.165) is 17.1 Å². The predicted molar refractivity (Wildman–Crippen MR) is 98.6 cm³/mol. The van der Waals surface area contributed by atoms with E-state index in [2.05, 4.69) is 16.0 Å². The van der Waals surface area contributed by atoms with Gasteiger partial charge in [-0.05, 0) is 12.8 Å². The molecule has 10 nitrogen and oxygen atoms in total. The molecule has 5 amide bonds. The van der Waals surface area contributed by atoms with E-state index in [9.17, 15) is 28.8 Å². The summed E-state index contributed by atoms with van der Waals surface area (Å²) in [5, 5.41) is 7.26. The summed E-state index contributed by atoms with van der Waals surface area (Å²) in [7, 11) is 4.94. The van der Waals surface area contributed by atoms with Crippen molar-refractivity contribution >= 4 is 43.1 Å². The Morgan fingerprint density at radius 3 is 2.07 bits per heavy atom. The van der Waals surface area contributed by atoms with Gasteiger partial charge in [-0.3, -0.25) is 28.9 Å². The van der Waals surface area contributed by atoms with E-state index < -0.39 is 47.3 Å². The van der Waals surface area contributed by atoms with Gasteiger partial charge in [0.05, 0.1) is 12.2 Å². The van der Waals surface area contributed by atoms with Gasteiger partial charge < -0.3 is 20.7 Å². The number of carbonyl (C=O) groups excluding carboxylic acids is 6. The molecule has 0 aliphatic carbocycles. The van der Waals surface area contributed by atoms with E-state index >= 15 is 0 Å². The molecule has 0 aromatic heterocycles. The molecule has 0 aromatic carbocycles. The molecule has 0 aromatic rings. The van der Waals surface area contributed by atoms with E-state index in [1.807, 2.05) is 0 Å². The second-order valence-corrected chi connectivity index (χ2v) is 6.62. The van der Waals surface area contributed by atoms with Crippen molar-refractivity contribution in [3.63, 3.8) is 0 Å². The summed E-state index contributed by atoms with van der Waals surface area (Å²) in [5.74, 6) is -2.98. The van der Waals surface area contributed by atoms with Crippen molar-refractivity contribution in [1.82, 2.24) is 20.9 Å². The second-order valence-electron chi connectivity index (χ2n) is 6.62. The van der Waals surface area contributed by atoms with Gasteiger partial charge in [-0.25, -0.2) is 0 Å². The van der Waals surface area contributed by atoms with Crippen molar-refractivity contribution in [2.24, 2.45) is 5.92 Å². The molecule has 0 fully saturated rings. The van der Waals surface area contributed by atoms with Crippen LogP contribution >= 0.6 is 0 Å². The molecule has 3 N–H and O–H groups in total. The topological polar surface area (TPSA) is 142 Å². The number of amides is 5. The van der Waals surface area contributed by atoms with Crippen molar-refractivity contribution in [2.45, 2.75) is 39.3 Å². The Bertz CT molecular complexity index is 688. The first-order chi connectivity index (χ1) is 13.0. The van der Waals surface area contributed by atoms with Gasteiger partial charge >= 0.3 is 0 Å². The first-order valence-corrected chi connectivity index (χ1v) is 8.72. The fourth-order valence-corrected chi connectivity index (χ4v) is 2.34. The van der Waals surface area contributed by atoms with Crippen molar-refractivity contribution in [3.8, 4) is 0 Å². The number of imide groups is 1. The van der Waals surface area contributed by atoms with Gasteiger partial charge in [0.15, 0.2) is 7.85 Å². The summed E-state index contributed by atoms with van der Waals surface area (Å²) >= 11 is 0. The number of carbonyl (C=O) groups is 6. The van der Waals surface area contributed by atoms with Crippen LogP contribution in [0.25, 0.3) is 0 Å². The average molecular weight is 390 g/mol. The molecule has 0 saturated heterocycles. The molecular formula is C17H23BN4O6. The van der Waals surface area contributed by atoms with Gasteiger partial charge in [0.1, 0.15) is 12.1 Å². The molecular weight excluding hydrogens is 367 g/mol. The maximum Gasteiger partial charge on any atom is 0.253 e. The minimum atomic E-state index is -0.948. The Morgan fingerprint density at radius 1 is 1.00 bits per heavy atom. The predicted octanol–water partition coefficient (Wildman–Crippen LogP) is -2.24. The molecule has 1 unspecified atom stereocenters. The van der Waals surface area contributed by atoms with E-state index in [-0.39, 0.29) is 25.4 Å². The van der Waals surface area contributed by atoms with Crippen LogP contribution in [0.2, 0.25) is 0 Å². The van der Waals surface area contributed by atoms with Gasteiger partial charge in [0.25, 0.3) is 11.8 Å². The smallest absolute Gasteiger partial charge is 0.253 e. The van der Waals surface area contributed by atoms with Gasteiger partial charge in [0.2, 0.25) is 17.7 Å². The number of hydrogen-bond donors (Lipinski definition) is 3. The number of nitrogens with one attached hydrogen (secondary N) is 3. The third-order valence-electron chi connectivity index (χ3n) is 3.92. The summed E-state index contributed by atoms with van der Waals surface area (Å²) in [5.41, 5.74) is -0.718. The molecule has 0 bridgehead atoms. The maximum atomic E-state index is 12.4. The number of hydrogen-bond acceptors (Lipinski definition) is 6. The van der Waals surface area contributed by atoms with Crippen LogP contribution in [0.1, 0.15) is 27.2 Å². The molecule has 11 heteroatoms. The van der Waals surface area contributed by atoms with E-state index in [1.165, 1.54) is 6.92 Å². The molecule has 2 radical (unpaired) electrons. The van der Waals surface area contributed by atoms with Crippen LogP contribution in [-0.4, -0.2) is 73.1 Å². The zero-order chi connectivity index (χ0) is 21.4. The molecule has 1 rings (SSSR count).